The van der Waals surface area contributed by atoms with Crippen LogP contribution >= 0.6 is 0 Å². The molecule has 11 nitrogen and oxygen atoms in total. The Bertz CT molecular complexity index is 1340. The highest BCUT2D eigenvalue weighted by Crippen LogP contribution is 2.31. The molecule has 0 spiro atoms. The minimum atomic E-state index is -0.649. The normalized spacial score (nSPS) is 19.2. The molecule has 6 bridgehead atoms. The molecule has 2 aliphatic rings. The Balaban J connectivity index is 1.54. The molecule has 1 saturated heterocycles. The predicted octanol–water partition coefficient (Wildman–Crippen LogP) is 3.52. The number of aromatic nitrogens is 3. The molecule has 1 fully saturated rings. The number of carbonyl (C=O) groups is 2. The lowest BCUT2D eigenvalue weighted by molar-refractivity contribution is 0.0176. The van der Waals surface area contributed by atoms with E-state index in [9.17, 15) is 9.59 Å². The molecule has 11 heteroatoms. The van der Waals surface area contributed by atoms with E-state index in [1.165, 1.54) is 12.4 Å². The van der Waals surface area contributed by atoms with E-state index in [4.69, 9.17) is 19.9 Å². The zero-order chi connectivity index (χ0) is 26.2. The number of carbonyl (C=O) groups excluding carboxylic acids is 2. The van der Waals surface area contributed by atoms with Gasteiger partial charge in [0.2, 0.25) is 0 Å². The van der Waals surface area contributed by atoms with Crippen molar-refractivity contribution in [3.8, 4) is 22.8 Å². The SMILES string of the molecule is CC(C)(C)OC(=O)N1CC2CC1COc1ccncc1NC(=O)c1nc(cnc1N)-c1cccc(c1)O2. The number of nitrogen functional groups attached to an aromatic ring is 1. The molecule has 2 aliphatic heterocycles. The van der Waals surface area contributed by atoms with E-state index in [0.29, 0.717) is 41.4 Å². The summed E-state index contributed by atoms with van der Waals surface area (Å²) < 4.78 is 18.0. The Kier molecular flexibility index (Phi) is 6.28. The highest BCUT2D eigenvalue weighted by molar-refractivity contribution is 6.06. The van der Waals surface area contributed by atoms with Crippen molar-refractivity contribution in [2.75, 3.05) is 24.2 Å². The van der Waals surface area contributed by atoms with Crippen molar-refractivity contribution in [2.24, 2.45) is 0 Å². The number of pyridine rings is 1. The van der Waals surface area contributed by atoms with Gasteiger partial charge in [0.25, 0.3) is 5.91 Å². The zero-order valence-electron chi connectivity index (χ0n) is 20.8. The number of nitrogens with zero attached hydrogens (tertiary/aromatic N) is 4. The maximum absolute atomic E-state index is 13.1. The van der Waals surface area contributed by atoms with Gasteiger partial charge >= 0.3 is 6.09 Å². The fourth-order valence-corrected chi connectivity index (χ4v) is 4.26. The third kappa shape index (κ3) is 5.40. The molecular weight excluding hydrogens is 476 g/mol. The lowest BCUT2D eigenvalue weighted by atomic mass is 10.1. The van der Waals surface area contributed by atoms with Crippen LogP contribution in [0.4, 0.5) is 16.3 Å². The largest absolute Gasteiger partial charge is 0.489 e. The summed E-state index contributed by atoms with van der Waals surface area (Å²) in [5, 5.41) is 2.77. The number of benzene rings is 1. The smallest absolute Gasteiger partial charge is 0.410 e. The number of rotatable bonds is 0. The number of amides is 2. The molecule has 5 rings (SSSR count). The minimum absolute atomic E-state index is 0.00724. The first-order valence-electron chi connectivity index (χ1n) is 11.9. The van der Waals surface area contributed by atoms with Gasteiger partial charge in [-0.15, -0.1) is 0 Å². The third-order valence-electron chi connectivity index (χ3n) is 5.91. The first-order chi connectivity index (χ1) is 17.7. The fraction of sp³-hybridized carbons (Fsp3) is 0.346. The maximum Gasteiger partial charge on any atom is 0.410 e. The van der Waals surface area contributed by atoms with E-state index in [-0.39, 0.29) is 30.3 Å². The van der Waals surface area contributed by atoms with Crippen molar-refractivity contribution in [3.63, 3.8) is 0 Å². The number of nitrogens with two attached hydrogens (primary N) is 1. The van der Waals surface area contributed by atoms with Gasteiger partial charge in [-0.2, -0.15) is 0 Å². The van der Waals surface area contributed by atoms with Crippen molar-refractivity contribution < 1.29 is 23.8 Å². The molecule has 0 saturated carbocycles. The number of likely N-dealkylation sites (tertiary alicyclic amines) is 1. The minimum Gasteiger partial charge on any atom is -0.489 e. The van der Waals surface area contributed by atoms with E-state index >= 15 is 0 Å². The molecular formula is C26H28N6O5. The summed E-state index contributed by atoms with van der Waals surface area (Å²) in [4.78, 5) is 40.5. The summed E-state index contributed by atoms with van der Waals surface area (Å²) in [5.74, 6) is 0.422. The Morgan fingerprint density at radius 1 is 1.24 bits per heavy atom. The molecule has 2 aromatic heterocycles. The maximum atomic E-state index is 13.1. The Morgan fingerprint density at radius 2 is 2.08 bits per heavy atom. The Labute approximate surface area is 214 Å². The number of nitrogens with one attached hydrogen (secondary N) is 1. The number of ether oxygens (including phenoxy) is 3. The molecule has 1 aromatic carbocycles. The summed E-state index contributed by atoms with van der Waals surface area (Å²) in [7, 11) is 0. The number of hydrogen-bond acceptors (Lipinski definition) is 9. The monoisotopic (exact) mass is 504 g/mol. The second-order valence-electron chi connectivity index (χ2n) is 9.92. The topological polar surface area (TPSA) is 142 Å². The quantitative estimate of drug-likeness (QED) is 0.470. The van der Waals surface area contributed by atoms with Crippen LogP contribution in [-0.2, 0) is 4.74 Å². The highest BCUT2D eigenvalue weighted by atomic mass is 16.6. The van der Waals surface area contributed by atoms with Gasteiger partial charge in [0.15, 0.2) is 11.5 Å². The first kappa shape index (κ1) is 24.3. The van der Waals surface area contributed by atoms with Crippen molar-refractivity contribution >= 4 is 23.5 Å². The molecule has 37 heavy (non-hydrogen) atoms. The van der Waals surface area contributed by atoms with Gasteiger partial charge in [0.1, 0.15) is 35.5 Å². The first-order valence-corrected chi connectivity index (χ1v) is 11.9. The molecule has 4 heterocycles. The molecule has 3 aromatic rings. The lowest BCUT2D eigenvalue weighted by Gasteiger charge is -2.28. The molecule has 3 N–H and O–H groups in total. The molecule has 0 aliphatic carbocycles. The van der Waals surface area contributed by atoms with Gasteiger partial charge in [-0.3, -0.25) is 14.7 Å². The second-order valence-corrected chi connectivity index (χ2v) is 9.92. The van der Waals surface area contributed by atoms with Crippen molar-refractivity contribution in [1.82, 2.24) is 19.9 Å². The van der Waals surface area contributed by atoms with Crippen LogP contribution in [0.3, 0.4) is 0 Å². The summed E-state index contributed by atoms with van der Waals surface area (Å²) in [6.07, 6.45) is 4.33. The summed E-state index contributed by atoms with van der Waals surface area (Å²) in [5.41, 5.74) is 6.80. The van der Waals surface area contributed by atoms with Crippen LogP contribution in [0, 0.1) is 0 Å². The van der Waals surface area contributed by atoms with Gasteiger partial charge in [0, 0.05) is 24.2 Å². The zero-order valence-corrected chi connectivity index (χ0v) is 20.8. The van der Waals surface area contributed by atoms with Gasteiger partial charge in [0.05, 0.1) is 30.7 Å². The Hall–Kier alpha value is -4.41. The number of anilines is 2. The molecule has 2 amide bonds. The molecule has 2 unspecified atom stereocenters. The van der Waals surface area contributed by atoms with Crippen LogP contribution in [0.2, 0.25) is 0 Å². The average Bonchev–Trinajstić information content (AvgIpc) is 3.25. The fourth-order valence-electron chi connectivity index (χ4n) is 4.26. The summed E-state index contributed by atoms with van der Waals surface area (Å²) in [6, 6.07) is 8.63. The van der Waals surface area contributed by atoms with E-state index < -0.39 is 17.6 Å². The second kappa shape index (κ2) is 9.57. The van der Waals surface area contributed by atoms with Crippen LogP contribution in [0.5, 0.6) is 11.5 Å². The Morgan fingerprint density at radius 3 is 2.89 bits per heavy atom. The standard InChI is InChI=1S/C26H28N6O5/c1-26(2,3)37-25(34)32-13-18-10-16(32)14-35-21-7-8-28-11-20(21)31-24(33)22-23(27)29-12-19(30-22)15-5-4-6-17(9-15)36-18/h4-9,11-12,16,18H,10,13-14H2,1-3H3,(H2,27,29)(H,31,33). The third-order valence-corrected chi connectivity index (χ3v) is 5.91. The van der Waals surface area contributed by atoms with Crippen LogP contribution in [0.15, 0.2) is 48.9 Å². The van der Waals surface area contributed by atoms with Crippen LogP contribution in [0.25, 0.3) is 11.3 Å². The van der Waals surface area contributed by atoms with Crippen LogP contribution < -0.4 is 20.5 Å². The average molecular weight is 505 g/mol. The van der Waals surface area contributed by atoms with Gasteiger partial charge < -0.3 is 25.3 Å². The predicted molar refractivity (Wildman–Crippen MR) is 135 cm³/mol. The van der Waals surface area contributed by atoms with Gasteiger partial charge in [-0.05, 0) is 32.9 Å². The van der Waals surface area contributed by atoms with Crippen molar-refractivity contribution in [1.29, 1.82) is 0 Å². The van der Waals surface area contributed by atoms with Gasteiger partial charge in [-0.25, -0.2) is 14.8 Å². The highest BCUT2D eigenvalue weighted by Gasteiger charge is 2.39. The number of hydrogen-bond donors (Lipinski definition) is 2. The van der Waals surface area contributed by atoms with E-state index in [1.54, 1.807) is 17.2 Å². The summed E-state index contributed by atoms with van der Waals surface area (Å²) in [6.45, 7) is 5.96. The van der Waals surface area contributed by atoms with Crippen LogP contribution in [-0.4, -0.2) is 62.8 Å². The molecule has 2 atom stereocenters. The van der Waals surface area contributed by atoms with Crippen molar-refractivity contribution in [3.05, 3.63) is 54.6 Å². The van der Waals surface area contributed by atoms with Crippen LogP contribution in [0.1, 0.15) is 37.7 Å². The molecule has 0 radical (unpaired) electrons. The summed E-state index contributed by atoms with van der Waals surface area (Å²) >= 11 is 0. The van der Waals surface area contributed by atoms with E-state index in [2.05, 4.69) is 20.3 Å². The molecule has 192 valence electrons. The van der Waals surface area contributed by atoms with Crippen molar-refractivity contribution in [2.45, 2.75) is 44.9 Å². The van der Waals surface area contributed by atoms with E-state index in [1.807, 2.05) is 45.0 Å². The van der Waals surface area contributed by atoms with E-state index in [0.717, 1.165) is 0 Å². The lowest BCUT2D eigenvalue weighted by Crippen LogP contribution is -2.42. The van der Waals surface area contributed by atoms with Gasteiger partial charge in [-0.1, -0.05) is 12.1 Å². The number of fused-ring (bicyclic) bond motifs is 8.